The Hall–Kier alpha value is -1.92. The number of nitrogens with one attached hydrogen (secondary N) is 1. The van der Waals surface area contributed by atoms with E-state index in [9.17, 15) is 9.59 Å². The van der Waals surface area contributed by atoms with Gasteiger partial charge in [0.15, 0.2) is 6.04 Å². The molecule has 0 radical (unpaired) electrons. The molecular weight excluding hydrogens is 258 g/mol. The van der Waals surface area contributed by atoms with Crippen molar-refractivity contribution in [1.29, 1.82) is 0 Å². The third kappa shape index (κ3) is 4.99. The van der Waals surface area contributed by atoms with E-state index in [-0.39, 0.29) is 0 Å². The molecule has 0 aliphatic rings. The molecule has 1 rings (SSSR count). The van der Waals surface area contributed by atoms with Crippen molar-refractivity contribution < 1.29 is 14.8 Å². The van der Waals surface area contributed by atoms with Crippen LogP contribution >= 0.6 is 0 Å². The van der Waals surface area contributed by atoms with Gasteiger partial charge in [0, 0.05) is 13.6 Å². The number of benzene rings is 1. The summed E-state index contributed by atoms with van der Waals surface area (Å²) in [6.07, 6.45) is 2.72. The number of hydrogen-bond acceptors (Lipinski definition) is 4. The molecule has 0 aliphatic heterocycles. The van der Waals surface area contributed by atoms with Gasteiger partial charge in [-0.1, -0.05) is 30.3 Å². The lowest BCUT2D eigenvalue weighted by molar-refractivity contribution is -0.141. The molecule has 4 N–H and O–H groups in total. The molecule has 0 aliphatic carbocycles. The highest BCUT2D eigenvalue weighted by Crippen LogP contribution is 2.05. The molecule has 0 heterocycles. The van der Waals surface area contributed by atoms with Crippen LogP contribution in [0.1, 0.15) is 18.4 Å². The molecule has 0 aromatic heterocycles. The van der Waals surface area contributed by atoms with E-state index in [4.69, 9.17) is 10.9 Å². The number of likely N-dealkylation sites (N-methyl/N-ethyl adjacent to an activating group) is 1. The molecule has 0 bridgehead atoms. The second-order valence-corrected chi connectivity index (χ2v) is 4.66. The number of unbranched alkanes of at least 4 members (excludes halogenated alkanes) is 1. The van der Waals surface area contributed by atoms with Gasteiger partial charge in [-0.25, -0.2) is 5.48 Å². The van der Waals surface area contributed by atoms with Crippen LogP contribution in [0, 0.1) is 0 Å². The van der Waals surface area contributed by atoms with Gasteiger partial charge in [0.2, 0.25) is 5.91 Å². The number of carbonyl (C=O) groups excluding carboxylic acids is 2. The molecule has 0 fully saturated rings. The number of nitrogens with zero attached hydrogens (tertiary/aromatic N) is 1. The maximum absolute atomic E-state index is 11.7. The smallest absolute Gasteiger partial charge is 0.269 e. The van der Waals surface area contributed by atoms with Crippen molar-refractivity contribution in [2.75, 3.05) is 13.6 Å². The minimum Gasteiger partial charge on any atom is -0.344 e. The van der Waals surface area contributed by atoms with Gasteiger partial charge in [0.1, 0.15) is 0 Å². The lowest BCUT2D eigenvalue weighted by atomic mass is 10.1. The Balaban J connectivity index is 2.27. The van der Waals surface area contributed by atoms with Crippen molar-refractivity contribution in [3.63, 3.8) is 0 Å². The highest BCUT2D eigenvalue weighted by molar-refractivity contribution is 6.03. The lowest BCUT2D eigenvalue weighted by Crippen LogP contribution is -2.50. The Morgan fingerprint density at radius 3 is 2.55 bits per heavy atom. The van der Waals surface area contributed by atoms with E-state index >= 15 is 0 Å². The van der Waals surface area contributed by atoms with Crippen molar-refractivity contribution in [2.24, 2.45) is 5.73 Å². The summed E-state index contributed by atoms with van der Waals surface area (Å²) in [4.78, 5) is 24.2. The van der Waals surface area contributed by atoms with E-state index in [2.05, 4.69) is 12.1 Å². The van der Waals surface area contributed by atoms with Crippen LogP contribution in [0.5, 0.6) is 0 Å². The Kier molecular flexibility index (Phi) is 6.69. The normalized spacial score (nSPS) is 11.8. The number of hydrogen-bond donors (Lipinski definition) is 3. The van der Waals surface area contributed by atoms with Crippen molar-refractivity contribution in [2.45, 2.75) is 25.3 Å². The van der Waals surface area contributed by atoms with E-state index in [0.717, 1.165) is 19.3 Å². The van der Waals surface area contributed by atoms with Gasteiger partial charge in [-0.05, 0) is 24.8 Å². The fourth-order valence-electron chi connectivity index (χ4n) is 1.85. The van der Waals surface area contributed by atoms with Crippen molar-refractivity contribution >= 4 is 11.8 Å². The second-order valence-electron chi connectivity index (χ2n) is 4.66. The van der Waals surface area contributed by atoms with Gasteiger partial charge < -0.3 is 10.6 Å². The Bertz CT molecular complexity index is 437. The standard InChI is InChI=1S/C14H21N3O3/c1-17(14(19)12(15)13(18)16-20)10-6-5-9-11-7-3-2-4-8-11/h2-4,7-8,12,20H,5-6,9-10,15H2,1H3,(H,16,18). The number of rotatable bonds is 7. The summed E-state index contributed by atoms with van der Waals surface area (Å²) < 4.78 is 0. The first-order valence-corrected chi connectivity index (χ1v) is 6.54. The number of carbonyl (C=O) groups is 2. The average Bonchev–Trinajstić information content (AvgIpc) is 2.50. The van der Waals surface area contributed by atoms with E-state index in [1.165, 1.54) is 15.9 Å². The van der Waals surface area contributed by atoms with Crippen LogP contribution in [-0.2, 0) is 16.0 Å². The predicted octanol–water partition coefficient (Wildman–Crippen LogP) is 0.300. The molecule has 1 aromatic carbocycles. The molecule has 0 saturated heterocycles. The van der Waals surface area contributed by atoms with Gasteiger partial charge in [0.05, 0.1) is 0 Å². The minimum absolute atomic E-state index is 0.503. The predicted molar refractivity (Wildman–Crippen MR) is 74.9 cm³/mol. The molecular formula is C14H21N3O3. The molecule has 1 unspecified atom stereocenters. The average molecular weight is 279 g/mol. The maximum Gasteiger partial charge on any atom is 0.269 e. The topological polar surface area (TPSA) is 95.7 Å². The summed E-state index contributed by atoms with van der Waals surface area (Å²) in [7, 11) is 1.59. The zero-order chi connectivity index (χ0) is 15.0. The summed E-state index contributed by atoms with van der Waals surface area (Å²) in [6.45, 7) is 0.526. The van der Waals surface area contributed by atoms with Crippen LogP contribution in [-0.4, -0.2) is 41.6 Å². The molecule has 1 aromatic rings. The van der Waals surface area contributed by atoms with E-state index in [0.29, 0.717) is 6.54 Å². The first kappa shape index (κ1) is 16.1. The van der Waals surface area contributed by atoms with E-state index < -0.39 is 17.9 Å². The number of amides is 2. The zero-order valence-electron chi connectivity index (χ0n) is 11.6. The lowest BCUT2D eigenvalue weighted by Gasteiger charge is -2.20. The fraction of sp³-hybridized carbons (Fsp3) is 0.429. The summed E-state index contributed by atoms with van der Waals surface area (Å²) in [5.74, 6) is -1.40. The summed E-state index contributed by atoms with van der Waals surface area (Å²) in [6, 6.07) is 8.74. The highest BCUT2D eigenvalue weighted by atomic mass is 16.5. The largest absolute Gasteiger partial charge is 0.344 e. The van der Waals surface area contributed by atoms with Crippen molar-refractivity contribution in [1.82, 2.24) is 10.4 Å². The molecule has 1 atom stereocenters. The van der Waals surface area contributed by atoms with Crippen molar-refractivity contribution in [3.05, 3.63) is 35.9 Å². The fourth-order valence-corrected chi connectivity index (χ4v) is 1.85. The molecule has 110 valence electrons. The molecule has 6 nitrogen and oxygen atoms in total. The highest BCUT2D eigenvalue weighted by Gasteiger charge is 2.24. The van der Waals surface area contributed by atoms with Gasteiger partial charge in [-0.2, -0.15) is 0 Å². The number of aryl methyl sites for hydroxylation is 1. The number of hydroxylamine groups is 1. The quantitative estimate of drug-likeness (QED) is 0.289. The summed E-state index contributed by atoms with van der Waals surface area (Å²) in [5, 5.41) is 8.43. The van der Waals surface area contributed by atoms with Gasteiger partial charge in [0.25, 0.3) is 5.91 Å². The summed E-state index contributed by atoms with van der Waals surface area (Å²) in [5.41, 5.74) is 8.04. The Morgan fingerprint density at radius 1 is 1.30 bits per heavy atom. The van der Waals surface area contributed by atoms with E-state index in [1.807, 2.05) is 18.2 Å². The first-order chi connectivity index (χ1) is 9.56. The van der Waals surface area contributed by atoms with E-state index in [1.54, 1.807) is 7.05 Å². The minimum atomic E-state index is -1.36. The Morgan fingerprint density at radius 2 is 1.95 bits per heavy atom. The molecule has 0 spiro atoms. The third-order valence-electron chi connectivity index (χ3n) is 3.09. The van der Waals surface area contributed by atoms with Crippen molar-refractivity contribution in [3.8, 4) is 0 Å². The monoisotopic (exact) mass is 279 g/mol. The number of nitrogens with two attached hydrogens (primary N) is 1. The molecule has 6 heteroatoms. The SMILES string of the molecule is CN(CCCCc1ccccc1)C(=O)C(N)C(=O)NO. The third-order valence-corrected chi connectivity index (χ3v) is 3.09. The van der Waals surface area contributed by atoms with Gasteiger partial charge >= 0.3 is 0 Å². The van der Waals surface area contributed by atoms with Gasteiger partial charge in [-0.15, -0.1) is 0 Å². The van der Waals surface area contributed by atoms with Crippen LogP contribution in [0.25, 0.3) is 0 Å². The Labute approximate surface area is 118 Å². The summed E-state index contributed by atoms with van der Waals surface area (Å²) >= 11 is 0. The van der Waals surface area contributed by atoms with Crippen LogP contribution in [0.4, 0.5) is 0 Å². The van der Waals surface area contributed by atoms with Crippen LogP contribution in [0.3, 0.4) is 0 Å². The molecule has 0 saturated carbocycles. The van der Waals surface area contributed by atoms with Crippen LogP contribution in [0.2, 0.25) is 0 Å². The van der Waals surface area contributed by atoms with Crippen LogP contribution in [0.15, 0.2) is 30.3 Å². The van der Waals surface area contributed by atoms with Crippen LogP contribution < -0.4 is 11.2 Å². The second kappa shape index (κ2) is 8.29. The zero-order valence-corrected chi connectivity index (χ0v) is 11.6. The molecule has 20 heavy (non-hydrogen) atoms. The maximum atomic E-state index is 11.7. The molecule has 2 amide bonds. The first-order valence-electron chi connectivity index (χ1n) is 6.54. The van der Waals surface area contributed by atoms with Gasteiger partial charge in [-0.3, -0.25) is 14.8 Å².